The highest BCUT2D eigenvalue weighted by atomic mass is 16.7. The molecule has 182 valence electrons. The number of rotatable bonds is 5. The highest BCUT2D eigenvalue weighted by Crippen LogP contribution is 2.58. The van der Waals surface area contributed by atoms with E-state index in [0.29, 0.717) is 34.3 Å². The zero-order valence-corrected chi connectivity index (χ0v) is 19.8. The fourth-order valence-electron chi connectivity index (χ4n) is 5.52. The number of methoxy groups -OCH3 is 3. The molecule has 3 aromatic rings. The van der Waals surface area contributed by atoms with Gasteiger partial charge >= 0.3 is 5.97 Å². The van der Waals surface area contributed by atoms with Crippen molar-refractivity contribution in [2.24, 2.45) is 0 Å². The van der Waals surface area contributed by atoms with Gasteiger partial charge in [0.1, 0.15) is 11.7 Å². The molecule has 1 aromatic heterocycles. The number of H-pyrrole nitrogens is 1. The fourth-order valence-corrected chi connectivity index (χ4v) is 5.52. The van der Waals surface area contributed by atoms with Gasteiger partial charge in [0.2, 0.25) is 12.5 Å². The number of ether oxygens (including phenoxy) is 6. The van der Waals surface area contributed by atoms with E-state index in [4.69, 9.17) is 28.4 Å². The van der Waals surface area contributed by atoms with Gasteiger partial charge in [-0.2, -0.15) is 5.10 Å². The number of hydrogen-bond donors (Lipinski definition) is 1. The topological polar surface area (TPSA) is 104 Å². The highest BCUT2D eigenvalue weighted by molar-refractivity contribution is 5.98. The molecular formula is C25H25N3O7. The molecule has 2 aromatic carbocycles. The van der Waals surface area contributed by atoms with Gasteiger partial charge in [0, 0.05) is 35.0 Å². The number of aromatic nitrogens is 2. The third-order valence-electron chi connectivity index (χ3n) is 7.00. The minimum atomic E-state index is -0.590. The van der Waals surface area contributed by atoms with Gasteiger partial charge in [-0.05, 0) is 25.1 Å². The number of carbonyl (C=O) groups excluding carboxylic acids is 1. The third kappa shape index (κ3) is 2.99. The van der Waals surface area contributed by atoms with Crippen LogP contribution in [0.25, 0.3) is 11.1 Å². The Hall–Kier alpha value is -3.92. The van der Waals surface area contributed by atoms with Crippen molar-refractivity contribution in [2.75, 3.05) is 41.7 Å². The maximum Gasteiger partial charge on any atom is 0.343 e. The van der Waals surface area contributed by atoms with Gasteiger partial charge in [-0.3, -0.25) is 10.00 Å². The van der Waals surface area contributed by atoms with Crippen LogP contribution in [-0.2, 0) is 11.2 Å². The van der Waals surface area contributed by atoms with Crippen LogP contribution in [0, 0.1) is 0 Å². The van der Waals surface area contributed by atoms with E-state index in [1.54, 1.807) is 19.4 Å². The lowest BCUT2D eigenvalue weighted by Crippen LogP contribution is -2.36. The summed E-state index contributed by atoms with van der Waals surface area (Å²) in [7, 11) is 6.69. The molecule has 0 fully saturated rings. The van der Waals surface area contributed by atoms with Crippen LogP contribution in [0.4, 0.5) is 0 Å². The van der Waals surface area contributed by atoms with Gasteiger partial charge in [0.05, 0.1) is 33.6 Å². The minimum Gasteiger partial charge on any atom is -0.493 e. The number of esters is 1. The Morgan fingerprint density at radius 1 is 1.06 bits per heavy atom. The smallest absolute Gasteiger partial charge is 0.343 e. The van der Waals surface area contributed by atoms with Crippen LogP contribution in [-0.4, -0.2) is 62.8 Å². The molecule has 0 unspecified atom stereocenters. The lowest BCUT2D eigenvalue weighted by atomic mass is 9.82. The predicted molar refractivity (Wildman–Crippen MR) is 123 cm³/mol. The summed E-state index contributed by atoms with van der Waals surface area (Å²) < 4.78 is 34.7. The van der Waals surface area contributed by atoms with Crippen molar-refractivity contribution in [3.8, 4) is 39.9 Å². The maximum atomic E-state index is 13.1. The number of cyclic esters (lactones) is 1. The second kappa shape index (κ2) is 8.09. The van der Waals surface area contributed by atoms with E-state index in [-0.39, 0.29) is 12.8 Å². The van der Waals surface area contributed by atoms with Crippen molar-refractivity contribution >= 4 is 5.97 Å². The number of likely N-dealkylation sites (N-methyl/N-ethyl adjacent to an activating group) is 1. The second-order valence-electron chi connectivity index (χ2n) is 8.62. The molecule has 6 rings (SSSR count). The Balaban J connectivity index is 1.59. The Bertz CT molecular complexity index is 1320. The number of carbonyl (C=O) groups is 1. The molecule has 0 saturated carbocycles. The maximum absolute atomic E-state index is 13.1. The van der Waals surface area contributed by atoms with E-state index >= 15 is 0 Å². The number of aromatic amines is 1. The molecular weight excluding hydrogens is 454 g/mol. The van der Waals surface area contributed by atoms with Crippen LogP contribution < -0.4 is 23.7 Å². The monoisotopic (exact) mass is 479 g/mol. The van der Waals surface area contributed by atoms with Gasteiger partial charge in [-0.15, -0.1) is 0 Å². The van der Waals surface area contributed by atoms with Crippen molar-refractivity contribution in [3.05, 3.63) is 46.8 Å². The summed E-state index contributed by atoms with van der Waals surface area (Å²) in [6.45, 7) is 0.834. The standard InChI is InChI=1S/C25H25N3O7/c1-28-8-7-13-16(12-9-26-27-10-12)23-24(34-11-33-23)22(32-4)17(13)19(28)20-14-5-6-15(30-2)21(31-3)18(14)25(29)35-20/h5-6,9-10,19-20H,7-8,11H2,1-4H3,(H,26,27)/t19-,20+/m1/s1. The van der Waals surface area contributed by atoms with Crippen molar-refractivity contribution < 1.29 is 33.2 Å². The van der Waals surface area contributed by atoms with Crippen molar-refractivity contribution in [1.29, 1.82) is 0 Å². The van der Waals surface area contributed by atoms with E-state index in [2.05, 4.69) is 15.1 Å². The number of benzene rings is 2. The van der Waals surface area contributed by atoms with E-state index in [0.717, 1.165) is 40.8 Å². The molecule has 1 N–H and O–H groups in total. The zero-order valence-electron chi connectivity index (χ0n) is 19.8. The first-order valence-electron chi connectivity index (χ1n) is 11.3. The molecule has 0 bridgehead atoms. The molecule has 3 aliphatic rings. The number of hydrogen-bond acceptors (Lipinski definition) is 9. The van der Waals surface area contributed by atoms with Gasteiger partial charge in [0.15, 0.2) is 23.0 Å². The first kappa shape index (κ1) is 21.6. The van der Waals surface area contributed by atoms with Gasteiger partial charge in [-0.1, -0.05) is 6.07 Å². The lowest BCUT2D eigenvalue weighted by Gasteiger charge is -2.39. The molecule has 35 heavy (non-hydrogen) atoms. The van der Waals surface area contributed by atoms with Crippen LogP contribution in [0.2, 0.25) is 0 Å². The summed E-state index contributed by atoms with van der Waals surface area (Å²) in [6.07, 6.45) is 3.75. The Labute approximate surface area is 201 Å². The van der Waals surface area contributed by atoms with Gasteiger partial charge < -0.3 is 28.4 Å². The predicted octanol–water partition coefficient (Wildman–Crippen LogP) is 3.27. The van der Waals surface area contributed by atoms with E-state index in [1.807, 2.05) is 19.3 Å². The van der Waals surface area contributed by atoms with Crippen molar-refractivity contribution in [3.63, 3.8) is 0 Å². The summed E-state index contributed by atoms with van der Waals surface area (Å²) in [5.74, 6) is 2.16. The number of fused-ring (bicyclic) bond motifs is 3. The summed E-state index contributed by atoms with van der Waals surface area (Å²) in [4.78, 5) is 15.3. The van der Waals surface area contributed by atoms with Crippen LogP contribution in [0.1, 0.15) is 39.2 Å². The van der Waals surface area contributed by atoms with E-state index < -0.39 is 12.1 Å². The van der Waals surface area contributed by atoms with Gasteiger partial charge in [-0.25, -0.2) is 4.79 Å². The largest absolute Gasteiger partial charge is 0.493 e. The fraction of sp³-hybridized carbons (Fsp3) is 0.360. The number of nitrogens with one attached hydrogen (secondary N) is 1. The summed E-state index contributed by atoms with van der Waals surface area (Å²) in [5, 5.41) is 7.03. The van der Waals surface area contributed by atoms with Crippen LogP contribution >= 0.6 is 0 Å². The molecule has 0 radical (unpaired) electrons. The summed E-state index contributed by atoms with van der Waals surface area (Å²) >= 11 is 0. The summed E-state index contributed by atoms with van der Waals surface area (Å²) in [6, 6.07) is 3.33. The molecule has 0 amide bonds. The lowest BCUT2D eigenvalue weighted by molar-refractivity contribution is 0.00877. The van der Waals surface area contributed by atoms with Crippen LogP contribution in [0.3, 0.4) is 0 Å². The molecule has 4 heterocycles. The minimum absolute atomic E-state index is 0.0954. The SMILES string of the molecule is COc1ccc2c(c1OC)C(=O)O[C@@H]2[C@H]1c2c(c(-c3cn[nH]c3)c3c(c2OC)OCO3)CCN1C. The van der Waals surface area contributed by atoms with Gasteiger partial charge in [0.25, 0.3) is 0 Å². The average Bonchev–Trinajstić information content (AvgIpc) is 3.63. The molecule has 3 aliphatic heterocycles. The van der Waals surface area contributed by atoms with Crippen LogP contribution in [0.5, 0.6) is 28.7 Å². The zero-order chi connectivity index (χ0) is 24.3. The van der Waals surface area contributed by atoms with Crippen molar-refractivity contribution in [2.45, 2.75) is 18.6 Å². The Morgan fingerprint density at radius 2 is 1.86 bits per heavy atom. The number of nitrogens with zero attached hydrogens (tertiary/aromatic N) is 2. The third-order valence-corrected chi connectivity index (χ3v) is 7.00. The molecule has 10 nitrogen and oxygen atoms in total. The molecule has 0 saturated heterocycles. The molecule has 0 aliphatic carbocycles. The van der Waals surface area contributed by atoms with E-state index in [9.17, 15) is 4.79 Å². The van der Waals surface area contributed by atoms with Crippen molar-refractivity contribution in [1.82, 2.24) is 15.1 Å². The molecule has 2 atom stereocenters. The average molecular weight is 479 g/mol. The van der Waals surface area contributed by atoms with E-state index in [1.165, 1.54) is 14.2 Å². The second-order valence-corrected chi connectivity index (χ2v) is 8.62. The Morgan fingerprint density at radius 3 is 2.57 bits per heavy atom. The summed E-state index contributed by atoms with van der Waals surface area (Å²) in [5.41, 5.74) is 4.89. The first-order chi connectivity index (χ1) is 17.1. The molecule has 0 spiro atoms. The quantitative estimate of drug-likeness (QED) is 0.552. The normalized spacial score (nSPS) is 20.3. The molecule has 10 heteroatoms. The Kier molecular flexibility index (Phi) is 4.99. The first-order valence-corrected chi connectivity index (χ1v) is 11.3. The highest BCUT2D eigenvalue weighted by Gasteiger charge is 2.47. The van der Waals surface area contributed by atoms with Crippen LogP contribution in [0.15, 0.2) is 24.5 Å².